The molecule has 0 radical (unpaired) electrons. The number of hydrogen-bond donors (Lipinski definition) is 4. The predicted molar refractivity (Wildman–Crippen MR) is 118 cm³/mol. The first-order chi connectivity index (χ1) is 15.0. The number of anilines is 3. The summed E-state index contributed by atoms with van der Waals surface area (Å²) in [5.41, 5.74) is 2.46. The molecule has 0 saturated carbocycles. The lowest BCUT2D eigenvalue weighted by molar-refractivity contribution is -0.129. The molecule has 0 atom stereocenters. The van der Waals surface area contributed by atoms with Crippen molar-refractivity contribution in [3.05, 3.63) is 41.4 Å². The van der Waals surface area contributed by atoms with Gasteiger partial charge in [-0.25, -0.2) is 19.8 Å². The number of hydroxylamine groups is 1. The molecule has 31 heavy (non-hydrogen) atoms. The topological polar surface area (TPSA) is 116 Å². The van der Waals surface area contributed by atoms with E-state index >= 15 is 0 Å². The Kier molecular flexibility index (Phi) is 8.10. The molecule has 0 aliphatic carbocycles. The number of thiophene rings is 1. The maximum Gasteiger partial charge on any atom is 0.243 e. The predicted octanol–water partition coefficient (Wildman–Crippen LogP) is 5.01. The fraction of sp³-hybridized carbons (Fsp3) is 0.300. The van der Waals surface area contributed by atoms with Gasteiger partial charge in [-0.05, 0) is 37.1 Å². The zero-order valence-corrected chi connectivity index (χ0v) is 18.0. The third-order valence-electron chi connectivity index (χ3n) is 4.44. The van der Waals surface area contributed by atoms with Crippen LogP contribution in [-0.4, -0.2) is 27.0 Å². The molecule has 0 bridgehead atoms. The van der Waals surface area contributed by atoms with E-state index in [1.807, 2.05) is 0 Å². The second kappa shape index (κ2) is 11.0. The van der Waals surface area contributed by atoms with Crippen LogP contribution in [0.4, 0.5) is 20.9 Å². The molecule has 3 rings (SSSR count). The fourth-order valence-electron chi connectivity index (χ4n) is 2.90. The minimum atomic E-state index is -0.499. The molecule has 0 aliphatic rings. The number of amides is 2. The number of benzene rings is 1. The second-order valence-electron chi connectivity index (χ2n) is 6.79. The van der Waals surface area contributed by atoms with Gasteiger partial charge in [-0.2, -0.15) is 0 Å². The van der Waals surface area contributed by atoms with Crippen LogP contribution in [-0.2, 0) is 9.59 Å². The molecule has 2 amide bonds. The van der Waals surface area contributed by atoms with Crippen molar-refractivity contribution in [1.82, 2.24) is 15.4 Å². The Hall–Kier alpha value is -2.82. The van der Waals surface area contributed by atoms with Gasteiger partial charge in [-0.3, -0.25) is 14.8 Å². The smallest absolute Gasteiger partial charge is 0.243 e. The summed E-state index contributed by atoms with van der Waals surface area (Å²) in [5, 5.41) is 15.2. The molecule has 11 heteroatoms. The Balaban J connectivity index is 1.55. The van der Waals surface area contributed by atoms with Crippen molar-refractivity contribution in [3.8, 4) is 0 Å². The third kappa shape index (κ3) is 6.58. The molecule has 2 heterocycles. The number of aromatic nitrogens is 2. The van der Waals surface area contributed by atoms with Crippen molar-refractivity contribution in [2.75, 3.05) is 10.6 Å². The quantitative estimate of drug-likeness (QED) is 0.190. The standard InChI is InChI=1S/C20H21ClFN5O3S/c21-12-7-8-14(13(22)9-12)25-20-19-15(23-11-24-20)10-18(31-19)26-16(28)5-3-1-2-4-6-17(29)27-30/h7-11,30H,1-6H2,(H,26,28)(H,27,29)(H,23,24,25). The van der Waals surface area contributed by atoms with E-state index in [1.54, 1.807) is 17.6 Å². The first-order valence-corrected chi connectivity index (χ1v) is 10.8. The Morgan fingerprint density at radius 1 is 1.06 bits per heavy atom. The highest BCUT2D eigenvalue weighted by Crippen LogP contribution is 2.34. The summed E-state index contributed by atoms with van der Waals surface area (Å²) in [5.74, 6) is -0.589. The van der Waals surface area contributed by atoms with Crippen molar-refractivity contribution >= 4 is 61.5 Å². The molecule has 3 aromatic rings. The van der Waals surface area contributed by atoms with Crippen molar-refractivity contribution in [2.24, 2.45) is 0 Å². The van der Waals surface area contributed by atoms with Crippen LogP contribution in [0.3, 0.4) is 0 Å². The second-order valence-corrected chi connectivity index (χ2v) is 8.28. The third-order valence-corrected chi connectivity index (χ3v) is 5.72. The van der Waals surface area contributed by atoms with Gasteiger partial charge < -0.3 is 10.6 Å². The first-order valence-electron chi connectivity index (χ1n) is 9.65. The minimum Gasteiger partial charge on any atom is -0.337 e. The molecule has 0 unspecified atom stereocenters. The van der Waals surface area contributed by atoms with E-state index in [-0.39, 0.29) is 18.0 Å². The van der Waals surface area contributed by atoms with Crippen molar-refractivity contribution < 1.29 is 19.2 Å². The summed E-state index contributed by atoms with van der Waals surface area (Å²) in [6, 6.07) is 6.06. The minimum absolute atomic E-state index is 0.120. The van der Waals surface area contributed by atoms with E-state index in [1.165, 1.54) is 29.8 Å². The van der Waals surface area contributed by atoms with Crippen LogP contribution in [0.25, 0.3) is 10.2 Å². The molecule has 0 aliphatic heterocycles. The van der Waals surface area contributed by atoms with Gasteiger partial charge >= 0.3 is 0 Å². The van der Waals surface area contributed by atoms with Crippen LogP contribution in [0.1, 0.15) is 38.5 Å². The van der Waals surface area contributed by atoms with Crippen molar-refractivity contribution in [2.45, 2.75) is 38.5 Å². The van der Waals surface area contributed by atoms with E-state index in [0.29, 0.717) is 45.3 Å². The number of carbonyl (C=O) groups is 2. The number of carbonyl (C=O) groups excluding carboxylic acids is 2. The van der Waals surface area contributed by atoms with E-state index in [2.05, 4.69) is 20.6 Å². The summed E-state index contributed by atoms with van der Waals surface area (Å²) in [4.78, 5) is 31.5. The average Bonchev–Trinajstić information content (AvgIpc) is 3.15. The molecular weight excluding hydrogens is 445 g/mol. The molecule has 2 aromatic heterocycles. The Labute approximate surface area is 186 Å². The van der Waals surface area contributed by atoms with Gasteiger partial charge in [0.1, 0.15) is 12.1 Å². The number of nitrogens with zero attached hydrogens (tertiary/aromatic N) is 2. The van der Waals surface area contributed by atoms with E-state index < -0.39 is 11.7 Å². The number of nitrogens with one attached hydrogen (secondary N) is 3. The van der Waals surface area contributed by atoms with Crippen molar-refractivity contribution in [1.29, 1.82) is 0 Å². The van der Waals surface area contributed by atoms with Crippen LogP contribution < -0.4 is 16.1 Å². The van der Waals surface area contributed by atoms with Gasteiger partial charge in [0, 0.05) is 17.9 Å². The van der Waals surface area contributed by atoms with Crippen molar-refractivity contribution in [3.63, 3.8) is 0 Å². The summed E-state index contributed by atoms with van der Waals surface area (Å²) in [7, 11) is 0. The van der Waals surface area contributed by atoms with Gasteiger partial charge in [0.2, 0.25) is 11.8 Å². The largest absolute Gasteiger partial charge is 0.337 e. The Morgan fingerprint density at radius 2 is 1.81 bits per heavy atom. The molecule has 1 aromatic carbocycles. The van der Waals surface area contributed by atoms with Gasteiger partial charge in [0.15, 0.2) is 5.82 Å². The number of fused-ring (bicyclic) bond motifs is 1. The molecule has 0 saturated heterocycles. The lowest BCUT2D eigenvalue weighted by Crippen LogP contribution is -2.17. The summed E-state index contributed by atoms with van der Waals surface area (Å²) in [6.45, 7) is 0. The van der Waals surface area contributed by atoms with Gasteiger partial charge in [-0.1, -0.05) is 24.4 Å². The van der Waals surface area contributed by atoms with E-state index in [9.17, 15) is 14.0 Å². The van der Waals surface area contributed by atoms with Crippen LogP contribution >= 0.6 is 22.9 Å². The maximum absolute atomic E-state index is 14.1. The number of hydrogen-bond acceptors (Lipinski definition) is 7. The first kappa shape index (κ1) is 22.9. The monoisotopic (exact) mass is 465 g/mol. The molecule has 4 N–H and O–H groups in total. The molecule has 8 nitrogen and oxygen atoms in total. The summed E-state index contributed by atoms with van der Waals surface area (Å²) in [6.07, 6.45) is 4.95. The number of rotatable bonds is 10. The van der Waals surface area contributed by atoms with Gasteiger partial charge in [0.25, 0.3) is 0 Å². The summed E-state index contributed by atoms with van der Waals surface area (Å²) >= 11 is 7.09. The van der Waals surface area contributed by atoms with Crippen LogP contribution in [0.15, 0.2) is 30.6 Å². The Morgan fingerprint density at radius 3 is 2.52 bits per heavy atom. The summed E-state index contributed by atoms with van der Waals surface area (Å²) < 4.78 is 14.8. The lowest BCUT2D eigenvalue weighted by atomic mass is 10.1. The maximum atomic E-state index is 14.1. The van der Waals surface area contributed by atoms with Crippen LogP contribution in [0.2, 0.25) is 5.02 Å². The number of unbranched alkanes of at least 4 members (excludes halogenated alkanes) is 3. The van der Waals surface area contributed by atoms with E-state index in [0.717, 1.165) is 12.8 Å². The lowest BCUT2D eigenvalue weighted by Gasteiger charge is -2.07. The zero-order chi connectivity index (χ0) is 22.2. The fourth-order valence-corrected chi connectivity index (χ4v) is 4.03. The highest BCUT2D eigenvalue weighted by molar-refractivity contribution is 7.23. The molecule has 164 valence electrons. The normalized spacial score (nSPS) is 10.8. The average molecular weight is 466 g/mol. The number of halogens is 2. The van der Waals surface area contributed by atoms with Crippen LogP contribution in [0, 0.1) is 5.82 Å². The molecular formula is C20H21ClFN5O3S. The van der Waals surface area contributed by atoms with E-state index in [4.69, 9.17) is 16.8 Å². The SMILES string of the molecule is O=C(CCCCCCC(=O)Nc1cc2ncnc(Nc3ccc(Cl)cc3F)c2s1)NO. The van der Waals surface area contributed by atoms with Gasteiger partial charge in [-0.15, -0.1) is 11.3 Å². The highest BCUT2D eigenvalue weighted by atomic mass is 35.5. The zero-order valence-electron chi connectivity index (χ0n) is 16.5. The highest BCUT2D eigenvalue weighted by Gasteiger charge is 2.13. The van der Waals surface area contributed by atoms with Gasteiger partial charge in [0.05, 0.1) is 20.9 Å². The van der Waals surface area contributed by atoms with Crippen LogP contribution in [0.5, 0.6) is 0 Å². The molecule has 0 fully saturated rings. The Bertz CT molecular complexity index is 1080. The molecule has 0 spiro atoms.